The molecule has 0 unspecified atom stereocenters. The van der Waals surface area contributed by atoms with Crippen molar-refractivity contribution in [2.75, 3.05) is 0 Å². The summed E-state index contributed by atoms with van der Waals surface area (Å²) < 4.78 is 0. The maximum absolute atomic E-state index is 9.33. The number of phenolic OH excluding ortho intramolecular Hbond substituents is 1. The third-order valence-corrected chi connectivity index (χ3v) is 2.14. The summed E-state index contributed by atoms with van der Waals surface area (Å²) in [5.41, 5.74) is 1.46. The van der Waals surface area contributed by atoms with Crippen molar-refractivity contribution in [2.24, 2.45) is 10.2 Å². The predicted octanol–water partition coefficient (Wildman–Crippen LogP) is 3.68. The van der Waals surface area contributed by atoms with Gasteiger partial charge in [0, 0.05) is 0 Å². The van der Waals surface area contributed by atoms with Gasteiger partial charge in [0.25, 0.3) is 0 Å². The average molecular weight is 223 g/mol. The minimum absolute atomic E-state index is 0.0499. The predicted molar refractivity (Wildman–Crippen MR) is 63.4 cm³/mol. The van der Waals surface area contributed by atoms with Gasteiger partial charge in [-0.05, 0) is 30.3 Å². The minimum Gasteiger partial charge on any atom is -0.507 e. The molecule has 0 spiro atoms. The molecule has 2 rings (SSSR count). The van der Waals surface area contributed by atoms with E-state index >= 15 is 0 Å². The molecule has 0 heterocycles. The van der Waals surface area contributed by atoms with Crippen LogP contribution in [0, 0.1) is 11.3 Å². The largest absolute Gasteiger partial charge is 0.507 e. The summed E-state index contributed by atoms with van der Waals surface area (Å²) in [7, 11) is 0. The van der Waals surface area contributed by atoms with E-state index < -0.39 is 0 Å². The quantitative estimate of drug-likeness (QED) is 0.789. The van der Waals surface area contributed by atoms with Crippen molar-refractivity contribution in [3.05, 3.63) is 54.1 Å². The van der Waals surface area contributed by atoms with Crippen LogP contribution in [0.4, 0.5) is 11.4 Å². The second-order valence-corrected chi connectivity index (χ2v) is 3.35. The second kappa shape index (κ2) is 4.90. The summed E-state index contributed by atoms with van der Waals surface area (Å²) in [5, 5.41) is 26.1. The van der Waals surface area contributed by atoms with Gasteiger partial charge in [0.05, 0.1) is 16.9 Å². The summed E-state index contributed by atoms with van der Waals surface area (Å²) in [6.45, 7) is 0. The first kappa shape index (κ1) is 10.8. The standard InChI is InChI=1S/C13H9N3O/c14-9-10-8-12(6-7-13(10)17)16-15-11-4-2-1-3-5-11/h1-8,17H/b16-15+. The summed E-state index contributed by atoms with van der Waals surface area (Å²) >= 11 is 0. The van der Waals surface area contributed by atoms with Crippen LogP contribution in [0.15, 0.2) is 58.8 Å². The smallest absolute Gasteiger partial charge is 0.133 e. The molecule has 0 aromatic heterocycles. The Morgan fingerprint density at radius 1 is 0.941 bits per heavy atom. The Balaban J connectivity index is 2.26. The maximum Gasteiger partial charge on any atom is 0.133 e. The van der Waals surface area contributed by atoms with Gasteiger partial charge in [-0.1, -0.05) is 18.2 Å². The van der Waals surface area contributed by atoms with Crippen molar-refractivity contribution in [1.29, 1.82) is 5.26 Å². The molecular formula is C13H9N3O. The number of aromatic hydroxyl groups is 1. The molecule has 0 radical (unpaired) electrons. The summed E-state index contributed by atoms with van der Waals surface area (Å²) in [5.74, 6) is -0.0499. The van der Waals surface area contributed by atoms with E-state index in [9.17, 15) is 5.11 Å². The van der Waals surface area contributed by atoms with Gasteiger partial charge in [0.2, 0.25) is 0 Å². The highest BCUT2D eigenvalue weighted by atomic mass is 16.3. The van der Waals surface area contributed by atoms with Crippen LogP contribution in [0.5, 0.6) is 5.75 Å². The zero-order chi connectivity index (χ0) is 12.1. The third kappa shape index (κ3) is 2.67. The topological polar surface area (TPSA) is 68.7 Å². The molecule has 0 aliphatic carbocycles. The monoisotopic (exact) mass is 223 g/mol. The Morgan fingerprint density at radius 2 is 1.65 bits per heavy atom. The lowest BCUT2D eigenvalue weighted by Gasteiger charge is -1.96. The summed E-state index contributed by atoms with van der Waals surface area (Å²) in [6.07, 6.45) is 0. The molecule has 2 aromatic carbocycles. The number of hydrogen-bond acceptors (Lipinski definition) is 4. The zero-order valence-electron chi connectivity index (χ0n) is 8.91. The van der Waals surface area contributed by atoms with Gasteiger partial charge in [0.1, 0.15) is 11.8 Å². The van der Waals surface area contributed by atoms with Gasteiger partial charge in [-0.2, -0.15) is 15.5 Å². The number of nitriles is 1. The maximum atomic E-state index is 9.33. The molecule has 0 aliphatic rings. The van der Waals surface area contributed by atoms with E-state index in [4.69, 9.17) is 5.26 Å². The number of rotatable bonds is 2. The van der Waals surface area contributed by atoms with E-state index in [0.717, 1.165) is 5.69 Å². The van der Waals surface area contributed by atoms with E-state index in [-0.39, 0.29) is 11.3 Å². The van der Waals surface area contributed by atoms with Crippen molar-refractivity contribution >= 4 is 11.4 Å². The zero-order valence-corrected chi connectivity index (χ0v) is 8.91. The molecular weight excluding hydrogens is 214 g/mol. The first-order valence-corrected chi connectivity index (χ1v) is 4.99. The minimum atomic E-state index is -0.0499. The van der Waals surface area contributed by atoms with E-state index in [1.54, 1.807) is 6.07 Å². The fourth-order valence-electron chi connectivity index (χ4n) is 1.29. The van der Waals surface area contributed by atoms with Gasteiger partial charge in [-0.15, -0.1) is 0 Å². The van der Waals surface area contributed by atoms with Crippen LogP contribution >= 0.6 is 0 Å². The van der Waals surface area contributed by atoms with Crippen LogP contribution in [-0.4, -0.2) is 5.11 Å². The van der Waals surface area contributed by atoms with Gasteiger partial charge >= 0.3 is 0 Å². The van der Waals surface area contributed by atoms with Gasteiger partial charge in [-0.25, -0.2) is 0 Å². The number of azo groups is 1. The van der Waals surface area contributed by atoms with E-state index in [1.807, 2.05) is 36.4 Å². The van der Waals surface area contributed by atoms with Crippen LogP contribution < -0.4 is 0 Å². The first-order chi connectivity index (χ1) is 8.29. The number of nitrogens with zero attached hydrogens (tertiary/aromatic N) is 3. The van der Waals surface area contributed by atoms with Crippen LogP contribution in [0.1, 0.15) is 5.56 Å². The average Bonchev–Trinajstić information content (AvgIpc) is 2.39. The molecule has 2 aromatic rings. The molecule has 4 heteroatoms. The Bertz CT molecular complexity index is 585. The number of hydrogen-bond donors (Lipinski definition) is 1. The molecule has 0 saturated heterocycles. The van der Waals surface area contributed by atoms with Crippen molar-refractivity contribution in [1.82, 2.24) is 0 Å². The van der Waals surface area contributed by atoms with Crippen LogP contribution in [0.2, 0.25) is 0 Å². The Hall–Kier alpha value is -2.67. The van der Waals surface area contributed by atoms with Crippen molar-refractivity contribution < 1.29 is 5.11 Å². The highest BCUT2D eigenvalue weighted by molar-refractivity contribution is 5.52. The third-order valence-electron chi connectivity index (χ3n) is 2.14. The Kier molecular flexibility index (Phi) is 3.13. The second-order valence-electron chi connectivity index (χ2n) is 3.35. The lowest BCUT2D eigenvalue weighted by Crippen LogP contribution is -1.74. The van der Waals surface area contributed by atoms with Crippen molar-refractivity contribution in [3.8, 4) is 11.8 Å². The number of benzene rings is 2. The number of phenols is 1. The van der Waals surface area contributed by atoms with Gasteiger partial charge < -0.3 is 5.11 Å². The van der Waals surface area contributed by atoms with Crippen molar-refractivity contribution in [2.45, 2.75) is 0 Å². The molecule has 0 amide bonds. The first-order valence-electron chi connectivity index (χ1n) is 4.99. The summed E-state index contributed by atoms with van der Waals surface area (Å²) in [4.78, 5) is 0. The molecule has 0 bridgehead atoms. The molecule has 1 N–H and O–H groups in total. The fraction of sp³-hybridized carbons (Fsp3) is 0. The van der Waals surface area contributed by atoms with E-state index in [1.165, 1.54) is 12.1 Å². The van der Waals surface area contributed by atoms with Gasteiger partial charge in [-0.3, -0.25) is 0 Å². The van der Waals surface area contributed by atoms with Crippen LogP contribution in [0.3, 0.4) is 0 Å². The van der Waals surface area contributed by atoms with Gasteiger partial charge in [0.15, 0.2) is 0 Å². The fourth-order valence-corrected chi connectivity index (χ4v) is 1.29. The highest BCUT2D eigenvalue weighted by Crippen LogP contribution is 2.24. The molecule has 0 atom stereocenters. The molecule has 0 saturated carbocycles. The van der Waals surface area contributed by atoms with E-state index in [0.29, 0.717) is 5.69 Å². The normalized spacial score (nSPS) is 10.3. The van der Waals surface area contributed by atoms with E-state index in [2.05, 4.69) is 10.2 Å². The lowest BCUT2D eigenvalue weighted by atomic mass is 10.2. The van der Waals surface area contributed by atoms with Crippen molar-refractivity contribution in [3.63, 3.8) is 0 Å². The van der Waals surface area contributed by atoms with Crippen LogP contribution in [-0.2, 0) is 0 Å². The SMILES string of the molecule is N#Cc1cc(/N=N/c2ccccc2)ccc1O. The molecule has 0 fully saturated rings. The summed E-state index contributed by atoms with van der Waals surface area (Å²) in [6, 6.07) is 15.7. The molecule has 4 nitrogen and oxygen atoms in total. The lowest BCUT2D eigenvalue weighted by molar-refractivity contribution is 0.473. The Labute approximate surface area is 98.5 Å². The molecule has 82 valence electrons. The van der Waals surface area contributed by atoms with Crippen LogP contribution in [0.25, 0.3) is 0 Å². The molecule has 0 aliphatic heterocycles. The highest BCUT2D eigenvalue weighted by Gasteiger charge is 2.00. The molecule has 17 heavy (non-hydrogen) atoms. The Morgan fingerprint density at radius 3 is 2.35 bits per heavy atom.